The largest absolute Gasteiger partial charge is 0.0991 e. The van der Waals surface area contributed by atoms with Crippen LogP contribution in [0.1, 0.15) is 18.9 Å². The predicted octanol–water partition coefficient (Wildman–Crippen LogP) is 7.13. The van der Waals surface area contributed by atoms with Crippen LogP contribution >= 0.6 is 0 Å². The average molecular weight is 308 g/mol. The fraction of sp³-hybridized carbons (Fsp3) is 0.0833. The van der Waals surface area contributed by atoms with Crippen LogP contribution in [-0.4, -0.2) is 0 Å². The highest BCUT2D eigenvalue weighted by Gasteiger charge is 2.09. The van der Waals surface area contributed by atoms with Gasteiger partial charge in [-0.25, -0.2) is 0 Å². The van der Waals surface area contributed by atoms with Crippen LogP contribution < -0.4 is 0 Å². The highest BCUT2D eigenvalue weighted by Crippen LogP contribution is 2.35. The third-order valence-corrected chi connectivity index (χ3v) is 4.77. The first-order valence-corrected chi connectivity index (χ1v) is 8.48. The van der Waals surface area contributed by atoms with Gasteiger partial charge in [0.15, 0.2) is 0 Å². The van der Waals surface area contributed by atoms with Gasteiger partial charge in [0, 0.05) is 0 Å². The summed E-state index contributed by atoms with van der Waals surface area (Å²) in [6, 6.07) is 24.3. The van der Waals surface area contributed by atoms with E-state index < -0.39 is 0 Å². The van der Waals surface area contributed by atoms with E-state index in [1.807, 2.05) is 6.08 Å². The molecule has 0 radical (unpaired) electrons. The monoisotopic (exact) mass is 308 g/mol. The van der Waals surface area contributed by atoms with Crippen molar-refractivity contribution >= 4 is 37.9 Å². The molecule has 0 atom stereocenters. The van der Waals surface area contributed by atoms with Crippen LogP contribution in [0.5, 0.6) is 0 Å². The van der Waals surface area contributed by atoms with Gasteiger partial charge in [-0.3, -0.25) is 0 Å². The number of rotatable bonds is 3. The van der Waals surface area contributed by atoms with Gasteiger partial charge in [-0.15, -0.1) is 0 Å². The molecule has 0 nitrogen and oxygen atoms in total. The van der Waals surface area contributed by atoms with Crippen LogP contribution in [0, 0.1) is 0 Å². The third-order valence-electron chi connectivity index (χ3n) is 4.77. The molecule has 4 aromatic rings. The molecule has 4 rings (SSSR count). The maximum Gasteiger partial charge on any atom is -0.00299 e. The summed E-state index contributed by atoms with van der Waals surface area (Å²) in [7, 11) is 0. The first kappa shape index (κ1) is 14.7. The molecule has 0 unspecified atom stereocenters. The van der Waals surface area contributed by atoms with Gasteiger partial charge in [0.25, 0.3) is 0 Å². The minimum atomic E-state index is 0.995. The van der Waals surface area contributed by atoms with Gasteiger partial charge in [-0.05, 0) is 62.0 Å². The van der Waals surface area contributed by atoms with Gasteiger partial charge in [0.2, 0.25) is 0 Å². The van der Waals surface area contributed by atoms with Crippen molar-refractivity contribution in [1.82, 2.24) is 0 Å². The molecular weight excluding hydrogens is 288 g/mol. The van der Waals surface area contributed by atoms with Gasteiger partial charge in [0.05, 0.1) is 0 Å². The second kappa shape index (κ2) is 5.98. The molecule has 0 heterocycles. The third kappa shape index (κ3) is 2.32. The van der Waals surface area contributed by atoms with Crippen molar-refractivity contribution < 1.29 is 0 Å². The minimum Gasteiger partial charge on any atom is -0.0991 e. The molecule has 0 saturated carbocycles. The lowest BCUT2D eigenvalue weighted by atomic mass is 9.91. The zero-order valence-corrected chi connectivity index (χ0v) is 13.9. The van der Waals surface area contributed by atoms with Crippen LogP contribution in [-0.2, 0) is 0 Å². The van der Waals surface area contributed by atoms with Crippen LogP contribution in [0.15, 0.2) is 85.5 Å². The first-order chi connectivity index (χ1) is 11.8. The second-order valence-electron chi connectivity index (χ2n) is 6.17. The zero-order valence-electron chi connectivity index (χ0n) is 13.9. The predicted molar refractivity (Wildman–Crippen MR) is 107 cm³/mol. The van der Waals surface area contributed by atoms with Gasteiger partial charge in [-0.1, -0.05) is 80.3 Å². The summed E-state index contributed by atoms with van der Waals surface area (Å²) in [5.74, 6) is 0. The molecule has 0 saturated heterocycles. The molecule has 0 N–H and O–H groups in total. The Hall–Kier alpha value is -2.86. The van der Waals surface area contributed by atoms with Crippen LogP contribution in [0.3, 0.4) is 0 Å². The molecule has 0 amide bonds. The molecule has 116 valence electrons. The van der Waals surface area contributed by atoms with E-state index in [1.54, 1.807) is 0 Å². The van der Waals surface area contributed by atoms with Crippen LogP contribution in [0.4, 0.5) is 0 Å². The summed E-state index contributed by atoms with van der Waals surface area (Å²) >= 11 is 0. The lowest BCUT2D eigenvalue weighted by Gasteiger charge is -2.13. The summed E-state index contributed by atoms with van der Waals surface area (Å²) in [5.41, 5.74) is 2.65. The van der Waals surface area contributed by atoms with Crippen molar-refractivity contribution in [2.24, 2.45) is 0 Å². The van der Waals surface area contributed by atoms with Crippen LogP contribution in [0.25, 0.3) is 37.9 Å². The zero-order chi connectivity index (χ0) is 16.5. The molecule has 0 bridgehead atoms. The minimum absolute atomic E-state index is 0.995. The molecular formula is C24H20. The van der Waals surface area contributed by atoms with E-state index in [2.05, 4.69) is 86.3 Å². The standard InChI is InChI=1S/C24H20/c1-3-8-17(4-2)22-12-7-11-18-13-14-21-15-19-9-5-6-10-20(19)16-23(21)24(18)22/h3,5-16H,1,4H2,2H3. The quantitative estimate of drug-likeness (QED) is 0.214. The fourth-order valence-electron chi connectivity index (χ4n) is 3.61. The van der Waals surface area contributed by atoms with E-state index in [9.17, 15) is 0 Å². The van der Waals surface area contributed by atoms with Gasteiger partial charge >= 0.3 is 0 Å². The Morgan fingerprint density at radius 3 is 2.29 bits per heavy atom. The molecule has 0 heteroatoms. The van der Waals surface area contributed by atoms with Gasteiger partial charge in [-0.2, -0.15) is 0 Å². The summed E-state index contributed by atoms with van der Waals surface area (Å²) in [6.45, 7) is 6.08. The normalized spacial score (nSPS) is 12.1. The van der Waals surface area contributed by atoms with Crippen LogP contribution in [0.2, 0.25) is 0 Å². The first-order valence-electron chi connectivity index (χ1n) is 8.48. The Balaban J connectivity index is 2.18. The second-order valence-corrected chi connectivity index (χ2v) is 6.17. The summed E-state index contributed by atoms with van der Waals surface area (Å²) < 4.78 is 0. The van der Waals surface area contributed by atoms with Crippen molar-refractivity contribution in [2.45, 2.75) is 13.3 Å². The van der Waals surface area contributed by atoms with Crippen molar-refractivity contribution in [1.29, 1.82) is 0 Å². The van der Waals surface area contributed by atoms with Crippen molar-refractivity contribution in [2.75, 3.05) is 0 Å². The Labute approximate surface area is 142 Å². The van der Waals surface area contributed by atoms with Crippen molar-refractivity contribution in [3.8, 4) is 0 Å². The molecule has 0 aliphatic heterocycles. The summed E-state index contributed by atoms with van der Waals surface area (Å²) in [5, 5.41) is 7.83. The van der Waals surface area contributed by atoms with Crippen molar-refractivity contribution in [3.05, 3.63) is 91.0 Å². The molecule has 0 aliphatic carbocycles. The molecule has 0 fully saturated rings. The van der Waals surface area contributed by atoms with E-state index in [4.69, 9.17) is 0 Å². The SMILES string of the molecule is C=CC=C(CC)c1cccc2ccc3cc4ccccc4cc3c12. The smallest absolute Gasteiger partial charge is 0.00299 e. The Morgan fingerprint density at radius 1 is 0.833 bits per heavy atom. The van der Waals surface area contributed by atoms with E-state index in [-0.39, 0.29) is 0 Å². The topological polar surface area (TPSA) is 0 Å². The fourth-order valence-corrected chi connectivity index (χ4v) is 3.61. The lowest BCUT2D eigenvalue weighted by molar-refractivity contribution is 1.24. The molecule has 0 aliphatic rings. The number of fused-ring (bicyclic) bond motifs is 4. The summed E-state index contributed by atoms with van der Waals surface area (Å²) in [4.78, 5) is 0. The maximum atomic E-state index is 3.88. The van der Waals surface area contributed by atoms with Gasteiger partial charge in [0.1, 0.15) is 0 Å². The number of hydrogen-bond donors (Lipinski definition) is 0. The number of hydrogen-bond acceptors (Lipinski definition) is 0. The number of allylic oxidation sites excluding steroid dienone is 3. The van der Waals surface area contributed by atoms with E-state index >= 15 is 0 Å². The highest BCUT2D eigenvalue weighted by atomic mass is 14.1. The molecule has 0 spiro atoms. The van der Waals surface area contributed by atoms with E-state index in [0.29, 0.717) is 0 Å². The summed E-state index contributed by atoms with van der Waals surface area (Å²) in [6.07, 6.45) is 5.02. The Kier molecular flexibility index (Phi) is 3.66. The van der Waals surface area contributed by atoms with E-state index in [1.165, 1.54) is 43.5 Å². The molecule has 4 aromatic carbocycles. The molecule has 0 aromatic heterocycles. The Morgan fingerprint density at radius 2 is 1.54 bits per heavy atom. The highest BCUT2D eigenvalue weighted by molar-refractivity contribution is 6.15. The Bertz CT molecular complexity index is 1100. The maximum absolute atomic E-state index is 3.88. The molecule has 24 heavy (non-hydrogen) atoms. The van der Waals surface area contributed by atoms with Gasteiger partial charge < -0.3 is 0 Å². The average Bonchev–Trinajstić information content (AvgIpc) is 2.64. The van der Waals surface area contributed by atoms with Crippen molar-refractivity contribution in [3.63, 3.8) is 0 Å². The number of benzene rings is 4. The van der Waals surface area contributed by atoms with E-state index in [0.717, 1.165) is 6.42 Å². The lowest BCUT2D eigenvalue weighted by Crippen LogP contribution is -1.88.